The third-order valence-electron chi connectivity index (χ3n) is 2.43. The monoisotopic (exact) mass is 261 g/mol. The Morgan fingerprint density at radius 1 is 1.17 bits per heavy atom. The van der Waals surface area contributed by atoms with Crippen LogP contribution < -0.4 is 10.6 Å². The Hall–Kier alpha value is -1.74. The predicted octanol–water partition coefficient (Wildman–Crippen LogP) is 4.30. The van der Waals surface area contributed by atoms with Crippen molar-refractivity contribution in [2.75, 3.05) is 17.2 Å². The van der Waals surface area contributed by atoms with E-state index in [0.29, 0.717) is 0 Å². The molecule has 0 spiro atoms. The van der Waals surface area contributed by atoms with Crippen molar-refractivity contribution in [3.8, 4) is 0 Å². The summed E-state index contributed by atoms with van der Waals surface area (Å²) in [6.45, 7) is 3.05. The number of hydrogen-bond acceptors (Lipinski definition) is 3. The largest absolute Gasteiger partial charge is 0.370 e. The molecule has 0 bridgehead atoms. The van der Waals surface area contributed by atoms with Gasteiger partial charge in [-0.15, -0.1) is 0 Å². The highest BCUT2D eigenvalue weighted by molar-refractivity contribution is 6.30. The van der Waals surface area contributed by atoms with E-state index in [0.717, 1.165) is 35.2 Å². The van der Waals surface area contributed by atoms with E-state index in [1.165, 1.54) is 0 Å². The molecule has 0 fully saturated rings. The molecule has 1 aromatic carbocycles. The standard InChI is InChI=1S/C14H16ClN3/c1-2-7-16-14-10-13(6-8-17-14)18-12-5-3-4-11(15)9-12/h3-6,8-10H,2,7H2,1H3,(H2,16,17,18). The average Bonchev–Trinajstić information content (AvgIpc) is 2.37. The van der Waals surface area contributed by atoms with Crippen molar-refractivity contribution in [2.45, 2.75) is 13.3 Å². The number of nitrogens with zero attached hydrogens (tertiary/aromatic N) is 1. The number of pyridine rings is 1. The quantitative estimate of drug-likeness (QED) is 0.843. The number of benzene rings is 1. The van der Waals surface area contributed by atoms with Gasteiger partial charge in [0.05, 0.1) is 0 Å². The van der Waals surface area contributed by atoms with Gasteiger partial charge in [-0.1, -0.05) is 24.6 Å². The number of hydrogen-bond donors (Lipinski definition) is 2. The lowest BCUT2D eigenvalue weighted by Crippen LogP contribution is -2.02. The van der Waals surface area contributed by atoms with Crippen molar-refractivity contribution in [2.24, 2.45) is 0 Å². The molecule has 0 atom stereocenters. The summed E-state index contributed by atoms with van der Waals surface area (Å²) < 4.78 is 0. The van der Waals surface area contributed by atoms with Crippen LogP contribution in [0.2, 0.25) is 5.02 Å². The third kappa shape index (κ3) is 3.64. The van der Waals surface area contributed by atoms with Gasteiger partial charge in [0, 0.05) is 35.2 Å². The molecule has 94 valence electrons. The molecule has 0 unspecified atom stereocenters. The summed E-state index contributed by atoms with van der Waals surface area (Å²) in [5.41, 5.74) is 1.96. The molecule has 2 rings (SSSR count). The number of rotatable bonds is 5. The molecule has 0 radical (unpaired) electrons. The topological polar surface area (TPSA) is 37.0 Å². The zero-order valence-corrected chi connectivity index (χ0v) is 11.0. The molecule has 0 aliphatic carbocycles. The van der Waals surface area contributed by atoms with E-state index in [4.69, 9.17) is 11.6 Å². The van der Waals surface area contributed by atoms with Crippen molar-refractivity contribution in [1.29, 1.82) is 0 Å². The maximum Gasteiger partial charge on any atom is 0.127 e. The molecular weight excluding hydrogens is 246 g/mol. The smallest absolute Gasteiger partial charge is 0.127 e. The van der Waals surface area contributed by atoms with Crippen LogP contribution in [0.3, 0.4) is 0 Å². The molecule has 0 saturated heterocycles. The first kappa shape index (κ1) is 12.7. The molecule has 2 aromatic rings. The highest BCUT2D eigenvalue weighted by Crippen LogP contribution is 2.21. The van der Waals surface area contributed by atoms with Crippen molar-refractivity contribution in [3.63, 3.8) is 0 Å². The zero-order valence-electron chi connectivity index (χ0n) is 10.3. The van der Waals surface area contributed by atoms with Gasteiger partial charge in [0.25, 0.3) is 0 Å². The van der Waals surface area contributed by atoms with Gasteiger partial charge in [-0.05, 0) is 30.7 Å². The predicted molar refractivity (Wildman–Crippen MR) is 77.8 cm³/mol. The Morgan fingerprint density at radius 3 is 2.78 bits per heavy atom. The van der Waals surface area contributed by atoms with Crippen LogP contribution in [0.1, 0.15) is 13.3 Å². The molecule has 0 aliphatic heterocycles. The van der Waals surface area contributed by atoms with Crippen LogP contribution in [0.25, 0.3) is 0 Å². The Labute approximate surface area is 112 Å². The summed E-state index contributed by atoms with van der Waals surface area (Å²) in [4.78, 5) is 4.26. The summed E-state index contributed by atoms with van der Waals surface area (Å²) in [5, 5.41) is 7.27. The summed E-state index contributed by atoms with van der Waals surface area (Å²) >= 11 is 5.95. The van der Waals surface area contributed by atoms with Crippen molar-refractivity contribution in [3.05, 3.63) is 47.6 Å². The fourth-order valence-corrected chi connectivity index (χ4v) is 1.78. The SMILES string of the molecule is CCCNc1cc(Nc2cccc(Cl)c2)ccn1. The second-order valence-electron chi connectivity index (χ2n) is 3.99. The zero-order chi connectivity index (χ0) is 12.8. The van der Waals surface area contributed by atoms with Crippen LogP contribution in [0.4, 0.5) is 17.2 Å². The second-order valence-corrected chi connectivity index (χ2v) is 4.43. The van der Waals surface area contributed by atoms with Gasteiger partial charge in [-0.2, -0.15) is 0 Å². The summed E-state index contributed by atoms with van der Waals surface area (Å²) in [6, 6.07) is 11.6. The first-order valence-electron chi connectivity index (χ1n) is 6.00. The van der Waals surface area contributed by atoms with E-state index in [-0.39, 0.29) is 0 Å². The lowest BCUT2D eigenvalue weighted by atomic mass is 10.3. The third-order valence-corrected chi connectivity index (χ3v) is 2.66. The second kappa shape index (κ2) is 6.26. The van der Waals surface area contributed by atoms with Crippen molar-refractivity contribution >= 4 is 28.8 Å². The molecular formula is C14H16ClN3. The molecule has 1 heterocycles. The molecule has 18 heavy (non-hydrogen) atoms. The molecule has 3 nitrogen and oxygen atoms in total. The fraction of sp³-hybridized carbons (Fsp3) is 0.214. The lowest BCUT2D eigenvalue weighted by molar-refractivity contribution is 0.969. The van der Waals surface area contributed by atoms with Crippen LogP contribution in [-0.4, -0.2) is 11.5 Å². The van der Waals surface area contributed by atoms with Crippen molar-refractivity contribution < 1.29 is 0 Å². The van der Waals surface area contributed by atoms with E-state index >= 15 is 0 Å². The summed E-state index contributed by atoms with van der Waals surface area (Å²) in [6.07, 6.45) is 2.86. The minimum Gasteiger partial charge on any atom is -0.370 e. The molecule has 0 saturated carbocycles. The van der Waals surface area contributed by atoms with E-state index in [1.54, 1.807) is 6.20 Å². The number of aromatic nitrogens is 1. The highest BCUT2D eigenvalue weighted by atomic mass is 35.5. The van der Waals surface area contributed by atoms with Crippen LogP contribution in [-0.2, 0) is 0 Å². The number of anilines is 3. The molecule has 0 aliphatic rings. The minimum absolute atomic E-state index is 0.721. The average molecular weight is 262 g/mol. The maximum atomic E-state index is 5.95. The fourth-order valence-electron chi connectivity index (χ4n) is 1.59. The van der Waals surface area contributed by atoms with Crippen LogP contribution >= 0.6 is 11.6 Å². The Kier molecular flexibility index (Phi) is 4.42. The van der Waals surface area contributed by atoms with Gasteiger partial charge in [-0.25, -0.2) is 4.98 Å². The van der Waals surface area contributed by atoms with Gasteiger partial charge in [-0.3, -0.25) is 0 Å². The van der Waals surface area contributed by atoms with Crippen LogP contribution in [0.5, 0.6) is 0 Å². The molecule has 0 amide bonds. The Morgan fingerprint density at radius 2 is 2.00 bits per heavy atom. The minimum atomic E-state index is 0.721. The maximum absolute atomic E-state index is 5.95. The molecule has 2 N–H and O–H groups in total. The van der Waals surface area contributed by atoms with Gasteiger partial charge in [0.2, 0.25) is 0 Å². The Bertz CT molecular complexity index is 514. The van der Waals surface area contributed by atoms with E-state index < -0.39 is 0 Å². The normalized spacial score (nSPS) is 10.1. The van der Waals surface area contributed by atoms with Gasteiger partial charge < -0.3 is 10.6 Å². The molecule has 4 heteroatoms. The highest BCUT2D eigenvalue weighted by Gasteiger charge is 1.98. The van der Waals surface area contributed by atoms with Gasteiger partial charge in [0.1, 0.15) is 5.82 Å². The first-order chi connectivity index (χ1) is 8.78. The van der Waals surface area contributed by atoms with Crippen LogP contribution in [0, 0.1) is 0 Å². The summed E-state index contributed by atoms with van der Waals surface area (Å²) in [7, 11) is 0. The van der Waals surface area contributed by atoms with Gasteiger partial charge >= 0.3 is 0 Å². The van der Waals surface area contributed by atoms with E-state index in [2.05, 4.69) is 22.5 Å². The van der Waals surface area contributed by atoms with Crippen LogP contribution in [0.15, 0.2) is 42.6 Å². The van der Waals surface area contributed by atoms with E-state index in [1.807, 2.05) is 36.4 Å². The lowest BCUT2D eigenvalue weighted by Gasteiger charge is -2.09. The number of halogens is 1. The molecule has 1 aromatic heterocycles. The Balaban J connectivity index is 2.09. The van der Waals surface area contributed by atoms with E-state index in [9.17, 15) is 0 Å². The van der Waals surface area contributed by atoms with Crippen molar-refractivity contribution in [1.82, 2.24) is 4.98 Å². The number of nitrogens with one attached hydrogen (secondary N) is 2. The first-order valence-corrected chi connectivity index (χ1v) is 6.38. The summed E-state index contributed by atoms with van der Waals surface area (Å²) in [5.74, 6) is 0.879. The van der Waals surface area contributed by atoms with Gasteiger partial charge in [0.15, 0.2) is 0 Å².